The number of hydrogen-bond donors (Lipinski definition) is 0. The third-order valence-corrected chi connectivity index (χ3v) is 6.32. The van der Waals surface area contributed by atoms with Crippen LogP contribution in [0.1, 0.15) is 61.8 Å². The molecule has 0 saturated heterocycles. The quantitative estimate of drug-likeness (QED) is 0.107. The van der Waals surface area contributed by atoms with Crippen LogP contribution >= 0.6 is 0 Å². The molecule has 0 amide bonds. The maximum Gasteiger partial charge on any atom is 2.00 e. The van der Waals surface area contributed by atoms with Crippen molar-refractivity contribution < 1.29 is 103 Å². The van der Waals surface area contributed by atoms with Gasteiger partial charge in [-0.05, 0) is 61.1 Å². The van der Waals surface area contributed by atoms with Crippen LogP contribution in [0.15, 0.2) is 110 Å². The number of alkyl halides is 6. The maximum absolute atomic E-state index is 10.7. The monoisotopic (exact) mass is 1140 g/mol. The summed E-state index contributed by atoms with van der Waals surface area (Å²) in [5, 5.41) is 0. The third-order valence-electron chi connectivity index (χ3n) is 5.19. The largest absolute Gasteiger partial charge is 2.00 e. The first kappa shape index (κ1) is 61.4. The molecule has 20 heteroatoms. The van der Waals surface area contributed by atoms with Crippen molar-refractivity contribution in [3.05, 3.63) is 132 Å². The molecule has 0 aliphatic heterocycles. The van der Waals surface area contributed by atoms with Gasteiger partial charge >= 0.3 is 50.6 Å². The number of benzene rings is 2. The van der Waals surface area contributed by atoms with Gasteiger partial charge in [0.1, 0.15) is 0 Å². The van der Waals surface area contributed by atoms with Crippen molar-refractivity contribution in [3.63, 3.8) is 0 Å². The second kappa shape index (κ2) is 30.8. The molecule has 0 spiro atoms. The van der Waals surface area contributed by atoms with Crippen molar-refractivity contribution in [1.82, 2.24) is 9.97 Å². The average molecular weight is 1140 g/mol. The molecule has 0 aliphatic carbocycles. The van der Waals surface area contributed by atoms with Gasteiger partial charge in [0.25, 0.3) is 0 Å². The fourth-order valence-electron chi connectivity index (χ4n) is 2.53. The van der Waals surface area contributed by atoms with E-state index in [1.165, 1.54) is 22.3 Å². The Morgan fingerprint density at radius 1 is 0.500 bits per heavy atom. The van der Waals surface area contributed by atoms with E-state index in [2.05, 4.69) is 100 Å². The number of pyridine rings is 2. The summed E-state index contributed by atoms with van der Waals surface area (Å²) < 4.78 is 118. The zero-order chi connectivity index (χ0) is 37.6. The summed E-state index contributed by atoms with van der Waals surface area (Å²) >= 11 is 0. The van der Waals surface area contributed by atoms with E-state index in [0.29, 0.717) is 11.8 Å². The van der Waals surface area contributed by atoms with Crippen molar-refractivity contribution >= 4 is 20.2 Å². The van der Waals surface area contributed by atoms with Crippen LogP contribution in [0.4, 0.5) is 26.3 Å². The Kier molecular flexibility index (Phi) is 36.3. The maximum atomic E-state index is 10.7. The first-order chi connectivity index (χ1) is 21.9. The van der Waals surface area contributed by atoms with E-state index in [1.807, 2.05) is 36.4 Å². The number of halogens is 6. The standard InChI is InChI=1S/2C10H14.2C5H5N.2CHF3O3S.2H2O.2Os/c2*1-8(2)10-6-4-9(3)5-7-10;2*1-2-4-6-5-3-1;2*2-1(3,4)8(5,6)7;;;;/h2*4-8H,1-3H3;2*1-5H;2*(H,5,6,7);2*1H2;;/q;;;;;;;;2*+2/p-4. The number of nitrogens with zero attached hydrogens (tertiary/aromatic N) is 2. The molecule has 2 N–H and O–H groups in total. The average Bonchev–Trinajstić information content (AvgIpc) is 2.99. The second-order valence-corrected chi connectivity index (χ2v) is 12.7. The zero-order valence-corrected chi connectivity index (χ0v) is 35.3. The van der Waals surface area contributed by atoms with Crippen LogP contribution in [-0.2, 0) is 59.8 Å². The van der Waals surface area contributed by atoms with E-state index >= 15 is 0 Å². The predicted octanol–water partition coefficient (Wildman–Crippen LogP) is 8.14. The normalized spacial score (nSPS) is 10.2. The summed E-state index contributed by atoms with van der Waals surface area (Å²) in [6.45, 7) is 13.1. The SMILES string of the molecule is Cc1ccc(C(C)C)cc1.Cc1ccc(C(C)C)cc1.O=S(=O)([O-])C(F)(F)F.O=S(=O)([O-])C(F)(F)F.[OH-].[OH-].[Os+2].[Os+2].c1ccncc1.c1ccncc1. The molecule has 52 heavy (non-hydrogen) atoms. The smallest absolute Gasteiger partial charge is 0.870 e. The summed E-state index contributed by atoms with van der Waals surface area (Å²) in [6, 6.07) is 28.9. The van der Waals surface area contributed by atoms with Gasteiger partial charge in [0.15, 0.2) is 20.2 Å². The Hall–Kier alpha value is -2.67. The molecule has 0 aliphatic rings. The fourth-order valence-corrected chi connectivity index (χ4v) is 2.53. The molecular weight excluding hydrogens is 1100 g/mol. The van der Waals surface area contributed by atoms with E-state index < -0.39 is 31.3 Å². The molecular formula is C32H40F6N2O8Os2S2. The molecule has 0 saturated carbocycles. The Balaban J connectivity index is -0.000000121. The van der Waals surface area contributed by atoms with Crippen molar-refractivity contribution in [3.8, 4) is 0 Å². The summed E-state index contributed by atoms with van der Waals surface area (Å²) in [5.74, 6) is 1.31. The van der Waals surface area contributed by atoms with Gasteiger partial charge in [-0.15, -0.1) is 0 Å². The van der Waals surface area contributed by atoms with Gasteiger partial charge in [-0.3, -0.25) is 9.97 Å². The fraction of sp³-hybridized carbons (Fsp3) is 0.312. The van der Waals surface area contributed by atoms with Crippen molar-refractivity contribution in [1.29, 1.82) is 0 Å². The van der Waals surface area contributed by atoms with Crippen LogP contribution in [0.5, 0.6) is 0 Å². The molecule has 2 aromatic carbocycles. The van der Waals surface area contributed by atoms with E-state index in [-0.39, 0.29) is 50.5 Å². The van der Waals surface area contributed by atoms with Gasteiger partial charge in [-0.1, -0.05) is 99.5 Å². The van der Waals surface area contributed by atoms with Crippen LogP contribution in [0.3, 0.4) is 0 Å². The second-order valence-electron chi connectivity index (χ2n) is 9.98. The van der Waals surface area contributed by atoms with Gasteiger partial charge in [0.05, 0.1) is 0 Å². The topological polar surface area (TPSA) is 200 Å². The minimum atomic E-state index is -6.09. The minimum Gasteiger partial charge on any atom is -0.870 e. The molecule has 4 rings (SSSR count). The summed E-state index contributed by atoms with van der Waals surface area (Å²) in [5.41, 5.74) is -5.77. The summed E-state index contributed by atoms with van der Waals surface area (Å²) in [7, 11) is -12.2. The molecule has 4 aromatic rings. The zero-order valence-electron chi connectivity index (χ0n) is 28.6. The first-order valence-electron chi connectivity index (χ1n) is 13.8. The van der Waals surface area contributed by atoms with Gasteiger partial charge in [-0.2, -0.15) is 26.3 Å². The van der Waals surface area contributed by atoms with E-state index in [0.717, 1.165) is 0 Å². The van der Waals surface area contributed by atoms with Gasteiger partial charge < -0.3 is 20.1 Å². The molecule has 0 unspecified atom stereocenters. The Morgan fingerprint density at radius 2 is 0.692 bits per heavy atom. The third kappa shape index (κ3) is 33.2. The van der Waals surface area contributed by atoms with Crippen LogP contribution in [0, 0.1) is 13.8 Å². The Morgan fingerprint density at radius 3 is 0.788 bits per heavy atom. The predicted molar refractivity (Wildman–Crippen MR) is 174 cm³/mol. The van der Waals surface area contributed by atoms with Gasteiger partial charge in [0.2, 0.25) is 0 Å². The van der Waals surface area contributed by atoms with Crippen molar-refractivity contribution in [2.75, 3.05) is 0 Å². The van der Waals surface area contributed by atoms with E-state index in [1.54, 1.807) is 24.8 Å². The number of aromatic nitrogens is 2. The molecule has 2 heterocycles. The number of aryl methyl sites for hydroxylation is 2. The van der Waals surface area contributed by atoms with Crippen LogP contribution in [0.2, 0.25) is 0 Å². The van der Waals surface area contributed by atoms with Gasteiger partial charge in [0, 0.05) is 24.8 Å². The van der Waals surface area contributed by atoms with Crippen molar-refractivity contribution in [2.24, 2.45) is 0 Å². The van der Waals surface area contributed by atoms with E-state index in [4.69, 9.17) is 25.9 Å². The molecule has 10 nitrogen and oxygen atoms in total. The molecule has 0 bridgehead atoms. The molecule has 296 valence electrons. The summed E-state index contributed by atoms with van der Waals surface area (Å²) in [4.78, 5) is 7.57. The summed E-state index contributed by atoms with van der Waals surface area (Å²) in [6.07, 6.45) is 7.00. The molecule has 0 radical (unpaired) electrons. The van der Waals surface area contributed by atoms with E-state index in [9.17, 15) is 26.3 Å². The Bertz CT molecular complexity index is 1430. The van der Waals surface area contributed by atoms with Crippen LogP contribution in [-0.4, -0.2) is 57.9 Å². The van der Waals surface area contributed by atoms with Gasteiger partial charge in [-0.25, -0.2) is 16.8 Å². The molecule has 0 atom stereocenters. The first-order valence-corrected chi connectivity index (χ1v) is 16.6. The molecule has 0 fully saturated rings. The number of rotatable bonds is 2. The Labute approximate surface area is 327 Å². The number of hydrogen-bond acceptors (Lipinski definition) is 10. The minimum absolute atomic E-state index is 0. The van der Waals surface area contributed by atoms with Crippen molar-refractivity contribution in [2.45, 2.75) is 64.4 Å². The van der Waals surface area contributed by atoms with Crippen LogP contribution < -0.4 is 0 Å². The molecule has 2 aromatic heterocycles. The van der Waals surface area contributed by atoms with Crippen LogP contribution in [0.25, 0.3) is 0 Å².